The highest BCUT2D eigenvalue weighted by Gasteiger charge is 2.47. The van der Waals surface area contributed by atoms with Crippen molar-refractivity contribution in [3.63, 3.8) is 0 Å². The summed E-state index contributed by atoms with van der Waals surface area (Å²) in [6.45, 7) is 1.07. The van der Waals surface area contributed by atoms with Crippen LogP contribution in [0.2, 0.25) is 0 Å². The van der Waals surface area contributed by atoms with E-state index in [-0.39, 0.29) is 6.61 Å². The molecule has 16 heavy (non-hydrogen) atoms. The van der Waals surface area contributed by atoms with Crippen molar-refractivity contribution in [2.45, 2.75) is 49.7 Å². The van der Waals surface area contributed by atoms with Crippen LogP contribution >= 0.6 is 0 Å². The number of nitrogens with zero attached hydrogens (tertiary/aromatic N) is 1. The van der Waals surface area contributed by atoms with Crippen LogP contribution in [-0.4, -0.2) is 42.3 Å². The van der Waals surface area contributed by atoms with Crippen molar-refractivity contribution in [3.8, 4) is 0 Å². The number of rotatable bonds is 3. The van der Waals surface area contributed by atoms with Gasteiger partial charge >= 0.3 is 0 Å². The van der Waals surface area contributed by atoms with Crippen molar-refractivity contribution in [1.82, 2.24) is 4.31 Å². The first kappa shape index (κ1) is 12.3. The predicted molar refractivity (Wildman–Crippen MR) is 62.6 cm³/mol. The molecule has 2 fully saturated rings. The summed E-state index contributed by atoms with van der Waals surface area (Å²) < 4.78 is 25.7. The third-order valence-corrected chi connectivity index (χ3v) is 6.68. The van der Waals surface area contributed by atoms with Crippen LogP contribution in [0.5, 0.6) is 0 Å². The van der Waals surface area contributed by atoms with E-state index in [1.807, 2.05) is 0 Å². The first-order valence-electron chi connectivity index (χ1n) is 6.23. The predicted octanol–water partition coefficient (Wildman–Crippen LogP) is 1.11. The second kappa shape index (κ2) is 4.63. The molecule has 0 bridgehead atoms. The second-order valence-corrected chi connectivity index (χ2v) is 7.35. The van der Waals surface area contributed by atoms with E-state index in [0.29, 0.717) is 25.9 Å². The van der Waals surface area contributed by atoms with Gasteiger partial charge in [0.05, 0.1) is 6.61 Å². The molecule has 4 nitrogen and oxygen atoms in total. The molecule has 0 amide bonds. The van der Waals surface area contributed by atoms with Crippen LogP contribution in [0, 0.1) is 0 Å². The molecule has 0 atom stereocenters. The summed E-state index contributed by atoms with van der Waals surface area (Å²) in [5.41, 5.74) is 0. The van der Waals surface area contributed by atoms with E-state index in [1.54, 1.807) is 4.31 Å². The van der Waals surface area contributed by atoms with Crippen molar-refractivity contribution in [1.29, 1.82) is 0 Å². The fourth-order valence-corrected chi connectivity index (χ4v) is 5.15. The average molecular weight is 247 g/mol. The number of aliphatic hydroxyl groups is 1. The molecule has 0 radical (unpaired) electrons. The van der Waals surface area contributed by atoms with E-state index in [0.717, 1.165) is 32.1 Å². The largest absolute Gasteiger partial charge is 0.395 e. The zero-order valence-electron chi connectivity index (χ0n) is 9.69. The molecule has 1 N–H and O–H groups in total. The molecule has 0 unspecified atom stereocenters. The zero-order valence-corrected chi connectivity index (χ0v) is 10.5. The number of aliphatic hydroxyl groups excluding tert-OH is 1. The number of hydrogen-bond acceptors (Lipinski definition) is 3. The highest BCUT2D eigenvalue weighted by atomic mass is 32.2. The lowest BCUT2D eigenvalue weighted by atomic mass is 9.89. The standard InChI is InChI=1S/C11H21NO3S/c13-10-11(6-2-1-3-7-11)16(14,15)12-8-4-5-9-12/h13H,1-10H2. The van der Waals surface area contributed by atoms with Gasteiger partial charge in [-0.25, -0.2) is 12.7 Å². The van der Waals surface area contributed by atoms with Gasteiger partial charge in [-0.15, -0.1) is 0 Å². The molecule has 1 saturated heterocycles. The molecule has 0 spiro atoms. The minimum Gasteiger partial charge on any atom is -0.395 e. The topological polar surface area (TPSA) is 57.6 Å². The molecular formula is C11H21NO3S. The van der Waals surface area contributed by atoms with Crippen LogP contribution in [-0.2, 0) is 10.0 Å². The van der Waals surface area contributed by atoms with E-state index in [1.165, 1.54) is 0 Å². The monoisotopic (exact) mass is 247 g/mol. The van der Waals surface area contributed by atoms with Crippen molar-refractivity contribution >= 4 is 10.0 Å². The lowest BCUT2D eigenvalue weighted by molar-refractivity contribution is 0.199. The summed E-state index contributed by atoms with van der Waals surface area (Å²) in [6, 6.07) is 0. The molecule has 1 saturated carbocycles. The fourth-order valence-electron chi connectivity index (χ4n) is 2.90. The Labute approximate surface area is 97.7 Å². The first-order chi connectivity index (χ1) is 7.62. The van der Waals surface area contributed by atoms with Gasteiger partial charge < -0.3 is 5.11 Å². The van der Waals surface area contributed by atoms with Crippen LogP contribution in [0.15, 0.2) is 0 Å². The Morgan fingerprint density at radius 3 is 2.06 bits per heavy atom. The quantitative estimate of drug-likeness (QED) is 0.812. The maximum absolute atomic E-state index is 12.5. The lowest BCUT2D eigenvalue weighted by Crippen LogP contribution is -2.51. The van der Waals surface area contributed by atoms with Gasteiger partial charge in [0, 0.05) is 13.1 Å². The molecule has 1 aliphatic carbocycles. The maximum Gasteiger partial charge on any atom is 0.222 e. The van der Waals surface area contributed by atoms with Gasteiger partial charge in [-0.05, 0) is 25.7 Å². The number of sulfonamides is 1. The Hall–Kier alpha value is -0.130. The third kappa shape index (κ3) is 1.89. The Kier molecular flexibility index (Phi) is 3.56. The van der Waals surface area contributed by atoms with Crippen LogP contribution in [0.4, 0.5) is 0 Å². The Balaban J connectivity index is 2.24. The van der Waals surface area contributed by atoms with Crippen molar-refractivity contribution in [3.05, 3.63) is 0 Å². The van der Waals surface area contributed by atoms with Crippen molar-refractivity contribution in [2.24, 2.45) is 0 Å². The highest BCUT2D eigenvalue weighted by Crippen LogP contribution is 2.37. The van der Waals surface area contributed by atoms with Gasteiger partial charge in [0.1, 0.15) is 4.75 Å². The van der Waals surface area contributed by atoms with Gasteiger partial charge in [0.25, 0.3) is 0 Å². The normalized spacial score (nSPS) is 27.1. The van der Waals surface area contributed by atoms with Gasteiger partial charge in [0.15, 0.2) is 0 Å². The van der Waals surface area contributed by atoms with Gasteiger partial charge in [-0.1, -0.05) is 19.3 Å². The molecule has 0 aromatic heterocycles. The molecule has 2 aliphatic rings. The zero-order chi connectivity index (χ0) is 11.6. The molecular weight excluding hydrogens is 226 g/mol. The smallest absolute Gasteiger partial charge is 0.222 e. The minimum atomic E-state index is -3.29. The van der Waals surface area contributed by atoms with Crippen LogP contribution in [0.1, 0.15) is 44.9 Å². The third-order valence-electron chi connectivity index (χ3n) is 4.01. The molecule has 0 aromatic carbocycles. The molecule has 1 aliphatic heterocycles. The summed E-state index contributed by atoms with van der Waals surface area (Å²) in [6.07, 6.45) is 6.12. The van der Waals surface area contributed by atoms with Gasteiger partial charge in [-0.3, -0.25) is 0 Å². The highest BCUT2D eigenvalue weighted by molar-refractivity contribution is 7.90. The number of hydrogen-bond donors (Lipinski definition) is 1. The van der Waals surface area contributed by atoms with E-state index < -0.39 is 14.8 Å². The SMILES string of the molecule is O=S(=O)(N1CCCC1)C1(CO)CCCCC1. The summed E-state index contributed by atoms with van der Waals surface area (Å²) >= 11 is 0. The second-order valence-electron chi connectivity index (χ2n) is 5.01. The molecule has 2 rings (SSSR count). The average Bonchev–Trinajstić information content (AvgIpc) is 2.84. The molecule has 1 heterocycles. The molecule has 94 valence electrons. The van der Waals surface area contributed by atoms with Crippen LogP contribution < -0.4 is 0 Å². The summed E-state index contributed by atoms with van der Waals surface area (Å²) in [5, 5.41) is 9.53. The minimum absolute atomic E-state index is 0.216. The van der Waals surface area contributed by atoms with E-state index in [4.69, 9.17) is 0 Å². The maximum atomic E-state index is 12.5. The molecule has 5 heteroatoms. The Morgan fingerprint density at radius 1 is 1.00 bits per heavy atom. The van der Waals surface area contributed by atoms with E-state index in [2.05, 4.69) is 0 Å². The summed E-state index contributed by atoms with van der Waals surface area (Å²) in [5.74, 6) is 0. The first-order valence-corrected chi connectivity index (χ1v) is 7.67. The van der Waals surface area contributed by atoms with Crippen LogP contribution in [0.25, 0.3) is 0 Å². The summed E-state index contributed by atoms with van der Waals surface area (Å²) in [7, 11) is -3.29. The molecule has 0 aromatic rings. The van der Waals surface area contributed by atoms with Crippen LogP contribution in [0.3, 0.4) is 0 Å². The van der Waals surface area contributed by atoms with E-state index in [9.17, 15) is 13.5 Å². The van der Waals surface area contributed by atoms with Crippen molar-refractivity contribution in [2.75, 3.05) is 19.7 Å². The summed E-state index contributed by atoms with van der Waals surface area (Å²) in [4.78, 5) is 0. The van der Waals surface area contributed by atoms with Gasteiger partial charge in [0.2, 0.25) is 10.0 Å². The Bertz CT molecular complexity index is 327. The van der Waals surface area contributed by atoms with Gasteiger partial charge in [-0.2, -0.15) is 0 Å². The fraction of sp³-hybridized carbons (Fsp3) is 1.00. The Morgan fingerprint density at radius 2 is 1.56 bits per heavy atom. The lowest BCUT2D eigenvalue weighted by Gasteiger charge is -2.37. The van der Waals surface area contributed by atoms with E-state index >= 15 is 0 Å². The van der Waals surface area contributed by atoms with Crippen molar-refractivity contribution < 1.29 is 13.5 Å².